The van der Waals surface area contributed by atoms with Crippen LogP contribution in [0.5, 0.6) is 0 Å². The number of para-hydroxylation sites is 1. The van der Waals surface area contributed by atoms with E-state index in [-0.39, 0.29) is 0 Å². The minimum atomic E-state index is 0.319. The molecule has 0 fully saturated rings. The van der Waals surface area contributed by atoms with Gasteiger partial charge in [-0.15, -0.1) is 12.6 Å². The molecule has 1 aliphatic carbocycles. The Kier molecular flexibility index (Phi) is 2.33. The zero-order valence-electron chi connectivity index (χ0n) is 8.74. The number of anilines is 1. The Labute approximate surface area is 100 Å². The lowest BCUT2D eigenvalue weighted by molar-refractivity contribution is 0.783. The van der Waals surface area contributed by atoms with Crippen LogP contribution in [0.2, 0.25) is 0 Å². The largest absolute Gasteiger partial charge is 0.312 e. The number of nitrogens with zero attached hydrogens (tertiary/aromatic N) is 2. The number of rotatable bonds is 1. The molecule has 0 amide bonds. The van der Waals surface area contributed by atoms with Crippen LogP contribution in [0.25, 0.3) is 0 Å². The van der Waals surface area contributed by atoms with Crippen LogP contribution in [0.15, 0.2) is 59.2 Å². The Bertz CT molecular complexity index is 488. The molecule has 80 valence electrons. The van der Waals surface area contributed by atoms with E-state index in [9.17, 15) is 0 Å². The molecule has 0 radical (unpaired) electrons. The molecule has 0 spiro atoms. The van der Waals surface area contributed by atoms with Gasteiger partial charge in [0.25, 0.3) is 0 Å². The Morgan fingerprint density at radius 1 is 1.25 bits per heavy atom. The van der Waals surface area contributed by atoms with Crippen LogP contribution in [0.4, 0.5) is 5.69 Å². The molecule has 2 aliphatic rings. The zero-order chi connectivity index (χ0) is 11.0. The Hall–Kier alpha value is -1.48. The number of amidine groups is 1. The molecule has 1 aliphatic heterocycles. The molecular weight excluding hydrogens is 216 g/mol. The molecule has 16 heavy (non-hydrogen) atoms. The fraction of sp³-hybridized carbons (Fsp3) is 0.154. The van der Waals surface area contributed by atoms with Crippen LogP contribution in [0.1, 0.15) is 6.42 Å². The van der Waals surface area contributed by atoms with E-state index in [2.05, 4.69) is 52.9 Å². The van der Waals surface area contributed by atoms with Gasteiger partial charge in [-0.3, -0.25) is 0 Å². The first-order valence-corrected chi connectivity index (χ1v) is 5.79. The summed E-state index contributed by atoms with van der Waals surface area (Å²) in [6.45, 7) is 0. The van der Waals surface area contributed by atoms with Crippen LogP contribution < -0.4 is 4.90 Å². The predicted molar refractivity (Wildman–Crippen MR) is 71.0 cm³/mol. The Balaban J connectivity index is 2.01. The fourth-order valence-electron chi connectivity index (χ4n) is 2.15. The molecule has 1 aromatic rings. The molecule has 0 saturated heterocycles. The van der Waals surface area contributed by atoms with Crippen molar-refractivity contribution in [1.82, 2.24) is 0 Å². The second-order valence-corrected chi connectivity index (χ2v) is 4.29. The van der Waals surface area contributed by atoms with Gasteiger partial charge in [0.2, 0.25) is 0 Å². The van der Waals surface area contributed by atoms with E-state index in [1.165, 1.54) is 0 Å². The Morgan fingerprint density at radius 2 is 2.06 bits per heavy atom. The first-order valence-electron chi connectivity index (χ1n) is 5.35. The molecule has 1 unspecified atom stereocenters. The number of benzene rings is 1. The van der Waals surface area contributed by atoms with E-state index in [1.54, 1.807) is 0 Å². The monoisotopic (exact) mass is 228 g/mol. The first-order chi connectivity index (χ1) is 7.86. The third-order valence-electron chi connectivity index (χ3n) is 2.89. The lowest BCUT2D eigenvalue weighted by Gasteiger charge is -2.26. The number of hydrogen-bond donors (Lipinski definition) is 1. The van der Waals surface area contributed by atoms with E-state index < -0.39 is 0 Å². The molecule has 0 saturated carbocycles. The average Bonchev–Trinajstić information content (AvgIpc) is 2.66. The highest BCUT2D eigenvalue weighted by molar-refractivity contribution is 7.97. The molecule has 0 bridgehead atoms. The van der Waals surface area contributed by atoms with Crippen molar-refractivity contribution in [3.8, 4) is 0 Å². The second-order valence-electron chi connectivity index (χ2n) is 3.89. The van der Waals surface area contributed by atoms with Crippen molar-refractivity contribution in [1.29, 1.82) is 0 Å². The number of fused-ring (bicyclic) bond motifs is 1. The maximum atomic E-state index is 4.48. The van der Waals surface area contributed by atoms with Gasteiger partial charge in [-0.1, -0.05) is 30.4 Å². The summed E-state index contributed by atoms with van der Waals surface area (Å²) in [7, 11) is 0. The van der Waals surface area contributed by atoms with Crippen LogP contribution in [0.3, 0.4) is 0 Å². The fourth-order valence-corrected chi connectivity index (χ4v) is 2.52. The van der Waals surface area contributed by atoms with Crippen LogP contribution in [0, 0.1) is 0 Å². The van der Waals surface area contributed by atoms with Gasteiger partial charge in [0.15, 0.2) is 5.17 Å². The molecular formula is C13H12N2S. The summed E-state index contributed by atoms with van der Waals surface area (Å²) in [5.74, 6) is 0. The summed E-state index contributed by atoms with van der Waals surface area (Å²) >= 11 is 4.46. The topological polar surface area (TPSA) is 15.6 Å². The lowest BCUT2D eigenvalue weighted by atomic mass is 10.0. The van der Waals surface area contributed by atoms with Gasteiger partial charge in [0.1, 0.15) is 0 Å². The van der Waals surface area contributed by atoms with E-state index in [1.807, 2.05) is 18.2 Å². The molecule has 1 heterocycles. The summed E-state index contributed by atoms with van der Waals surface area (Å²) in [4.78, 5) is 6.66. The maximum absolute atomic E-state index is 4.48. The third kappa shape index (κ3) is 1.48. The predicted octanol–water partition coefficient (Wildman–Crippen LogP) is 3.00. The Morgan fingerprint density at radius 3 is 2.88 bits per heavy atom. The van der Waals surface area contributed by atoms with Crippen molar-refractivity contribution >= 4 is 23.5 Å². The molecule has 1 aromatic carbocycles. The van der Waals surface area contributed by atoms with E-state index in [0.717, 1.165) is 23.0 Å². The van der Waals surface area contributed by atoms with Gasteiger partial charge in [-0.25, -0.2) is 4.99 Å². The highest BCUT2D eigenvalue weighted by Crippen LogP contribution is 2.32. The summed E-state index contributed by atoms with van der Waals surface area (Å²) < 4.78 is 0. The third-order valence-corrected chi connectivity index (χ3v) is 3.21. The molecule has 0 N–H and O–H groups in total. The van der Waals surface area contributed by atoms with Crippen molar-refractivity contribution in [3.63, 3.8) is 0 Å². The average molecular weight is 228 g/mol. The van der Waals surface area contributed by atoms with Gasteiger partial charge in [-0.05, 0) is 24.6 Å². The van der Waals surface area contributed by atoms with Gasteiger partial charge in [0.05, 0.1) is 11.7 Å². The van der Waals surface area contributed by atoms with Crippen molar-refractivity contribution in [3.05, 3.63) is 54.3 Å². The highest BCUT2D eigenvalue weighted by atomic mass is 32.1. The van der Waals surface area contributed by atoms with Crippen molar-refractivity contribution in [2.75, 3.05) is 4.90 Å². The van der Waals surface area contributed by atoms with Gasteiger partial charge >= 0.3 is 0 Å². The summed E-state index contributed by atoms with van der Waals surface area (Å²) in [6, 6.07) is 10.6. The molecule has 3 rings (SSSR count). The van der Waals surface area contributed by atoms with Gasteiger partial charge < -0.3 is 4.90 Å². The van der Waals surface area contributed by atoms with Crippen LogP contribution in [-0.4, -0.2) is 11.2 Å². The summed E-state index contributed by atoms with van der Waals surface area (Å²) in [6.07, 6.45) is 7.29. The normalized spacial score (nSPS) is 22.8. The van der Waals surface area contributed by atoms with E-state index in [4.69, 9.17) is 0 Å². The van der Waals surface area contributed by atoms with Crippen LogP contribution >= 0.6 is 12.6 Å². The molecule has 1 atom stereocenters. The van der Waals surface area contributed by atoms with Crippen LogP contribution in [-0.2, 0) is 0 Å². The maximum Gasteiger partial charge on any atom is 0.166 e. The quantitative estimate of drug-likeness (QED) is 0.730. The van der Waals surface area contributed by atoms with E-state index in [0.29, 0.717) is 6.04 Å². The first kappa shape index (κ1) is 9.73. The number of allylic oxidation sites excluding steroid dienone is 2. The smallest absolute Gasteiger partial charge is 0.166 e. The minimum Gasteiger partial charge on any atom is -0.312 e. The number of aliphatic imine (C=N–C) groups is 1. The highest BCUT2D eigenvalue weighted by Gasteiger charge is 2.31. The lowest BCUT2D eigenvalue weighted by Crippen LogP contribution is -2.33. The number of hydrogen-bond acceptors (Lipinski definition) is 2. The number of thiol groups is 1. The minimum absolute atomic E-state index is 0.319. The molecule has 2 nitrogen and oxygen atoms in total. The van der Waals surface area contributed by atoms with Gasteiger partial charge in [0, 0.05) is 5.69 Å². The summed E-state index contributed by atoms with van der Waals surface area (Å²) in [5, 5.41) is 0.783. The standard InChI is InChI=1S/C13H12N2S/c16-13-14-11-8-4-5-9-12(11)15(13)10-6-2-1-3-7-10/h1-8,12H,9H2,(H,14,16). The van der Waals surface area contributed by atoms with E-state index >= 15 is 0 Å². The van der Waals surface area contributed by atoms with Gasteiger partial charge in [-0.2, -0.15) is 0 Å². The molecule has 0 aromatic heterocycles. The zero-order valence-corrected chi connectivity index (χ0v) is 9.64. The summed E-state index contributed by atoms with van der Waals surface area (Å²) in [5.41, 5.74) is 2.26. The molecule has 3 heteroatoms. The second kappa shape index (κ2) is 3.83. The van der Waals surface area contributed by atoms with Crippen molar-refractivity contribution < 1.29 is 0 Å². The van der Waals surface area contributed by atoms with Crippen molar-refractivity contribution in [2.24, 2.45) is 4.99 Å². The van der Waals surface area contributed by atoms with Crippen molar-refractivity contribution in [2.45, 2.75) is 12.5 Å². The SMILES string of the molecule is SC1=NC2=CC=CCC2N1c1ccccc1.